The minimum atomic E-state index is 0.355. The molecule has 0 radical (unpaired) electrons. The van der Waals surface area contributed by atoms with Crippen molar-refractivity contribution in [3.63, 3.8) is 0 Å². The first kappa shape index (κ1) is 13.8. The summed E-state index contributed by atoms with van der Waals surface area (Å²) in [7, 11) is 0. The van der Waals surface area contributed by atoms with Crippen LogP contribution in [0.3, 0.4) is 0 Å². The average Bonchev–Trinajstić information content (AvgIpc) is 2.52. The van der Waals surface area contributed by atoms with Crippen molar-refractivity contribution in [2.45, 2.75) is 0 Å². The molecule has 2 rings (SSSR count). The van der Waals surface area contributed by atoms with Crippen molar-refractivity contribution in [3.8, 4) is 11.5 Å². The average molecular weight is 270 g/mol. The van der Waals surface area contributed by atoms with Gasteiger partial charge in [0.25, 0.3) is 0 Å². The minimum absolute atomic E-state index is 0.355. The Kier molecular flexibility index (Phi) is 4.89. The number of benzene rings is 2. The van der Waals surface area contributed by atoms with Crippen molar-refractivity contribution in [1.29, 1.82) is 0 Å². The Balaban J connectivity index is 1.80. The quantitative estimate of drug-likeness (QED) is 0.573. The summed E-state index contributed by atoms with van der Waals surface area (Å²) in [6, 6.07) is 13.8. The summed E-state index contributed by atoms with van der Waals surface area (Å²) in [4.78, 5) is 21.3. The summed E-state index contributed by atoms with van der Waals surface area (Å²) in [6.45, 7) is 0.710. The molecule has 0 fully saturated rings. The zero-order chi connectivity index (χ0) is 14.2. The lowest BCUT2D eigenvalue weighted by Gasteiger charge is -2.08. The molecule has 0 aliphatic rings. The van der Waals surface area contributed by atoms with Crippen LogP contribution in [0, 0.1) is 0 Å². The number of hydrogen-bond acceptors (Lipinski definition) is 4. The van der Waals surface area contributed by atoms with Gasteiger partial charge in [-0.25, -0.2) is 0 Å². The van der Waals surface area contributed by atoms with E-state index in [2.05, 4.69) is 0 Å². The highest BCUT2D eigenvalue weighted by molar-refractivity contribution is 5.75. The van der Waals surface area contributed by atoms with Crippen LogP contribution >= 0.6 is 0 Å². The maximum Gasteiger partial charge on any atom is 0.150 e. The van der Waals surface area contributed by atoms with Crippen molar-refractivity contribution in [2.75, 3.05) is 13.2 Å². The van der Waals surface area contributed by atoms with Gasteiger partial charge in [-0.15, -0.1) is 0 Å². The van der Waals surface area contributed by atoms with Crippen molar-refractivity contribution in [2.24, 2.45) is 0 Å². The summed E-state index contributed by atoms with van der Waals surface area (Å²) in [5.74, 6) is 1.25. The van der Waals surface area contributed by atoms with Gasteiger partial charge in [0.1, 0.15) is 37.3 Å². The van der Waals surface area contributed by atoms with Crippen LogP contribution in [0.25, 0.3) is 0 Å². The summed E-state index contributed by atoms with van der Waals surface area (Å²) < 4.78 is 10.9. The van der Waals surface area contributed by atoms with Crippen LogP contribution in [0.2, 0.25) is 0 Å². The molecule has 0 saturated carbocycles. The van der Waals surface area contributed by atoms with Gasteiger partial charge >= 0.3 is 0 Å². The fourth-order valence-electron chi connectivity index (χ4n) is 1.67. The van der Waals surface area contributed by atoms with Gasteiger partial charge in [-0.05, 0) is 24.3 Å². The molecule has 2 aromatic carbocycles. The number of carbonyl (C=O) groups is 2. The number of hydrogen-bond donors (Lipinski definition) is 0. The molecule has 0 heterocycles. The molecule has 4 nitrogen and oxygen atoms in total. The van der Waals surface area contributed by atoms with Crippen LogP contribution in [0.15, 0.2) is 48.5 Å². The lowest BCUT2D eigenvalue weighted by molar-refractivity contribution is 0.111. The third kappa shape index (κ3) is 3.95. The second-order valence-corrected chi connectivity index (χ2v) is 4.08. The molecule has 0 N–H and O–H groups in total. The van der Waals surface area contributed by atoms with Crippen LogP contribution in [-0.2, 0) is 0 Å². The number of aldehydes is 2. The SMILES string of the molecule is O=Cc1cccc(OCCOc2cccc(C=O)c2)c1. The van der Waals surface area contributed by atoms with E-state index < -0.39 is 0 Å². The Morgan fingerprint density at radius 1 is 0.750 bits per heavy atom. The number of rotatable bonds is 7. The second-order valence-electron chi connectivity index (χ2n) is 4.08. The summed E-state index contributed by atoms with van der Waals surface area (Å²) in [6.07, 6.45) is 1.54. The van der Waals surface area contributed by atoms with Gasteiger partial charge in [0.15, 0.2) is 0 Å². The second kappa shape index (κ2) is 7.09. The Hall–Kier alpha value is -2.62. The van der Waals surface area contributed by atoms with Gasteiger partial charge in [0.2, 0.25) is 0 Å². The molecule has 2 aromatic rings. The number of ether oxygens (including phenoxy) is 2. The van der Waals surface area contributed by atoms with Crippen molar-refractivity contribution in [1.82, 2.24) is 0 Å². The van der Waals surface area contributed by atoms with E-state index in [1.807, 2.05) is 0 Å². The number of carbonyl (C=O) groups excluding carboxylic acids is 2. The summed E-state index contributed by atoms with van der Waals surface area (Å²) in [5, 5.41) is 0. The zero-order valence-corrected chi connectivity index (χ0v) is 10.8. The highest BCUT2D eigenvalue weighted by Gasteiger charge is 1.98. The molecular formula is C16H14O4. The Morgan fingerprint density at radius 2 is 1.20 bits per heavy atom. The fraction of sp³-hybridized carbons (Fsp3) is 0.125. The van der Waals surface area contributed by atoms with E-state index >= 15 is 0 Å². The van der Waals surface area contributed by atoms with E-state index in [4.69, 9.17) is 9.47 Å². The lowest BCUT2D eigenvalue weighted by atomic mass is 10.2. The molecule has 102 valence electrons. The van der Waals surface area contributed by atoms with Crippen molar-refractivity contribution >= 4 is 12.6 Å². The Morgan fingerprint density at radius 3 is 1.60 bits per heavy atom. The molecule has 20 heavy (non-hydrogen) atoms. The first-order valence-corrected chi connectivity index (χ1v) is 6.18. The third-order valence-corrected chi connectivity index (χ3v) is 2.61. The predicted octanol–water partition coefficient (Wildman–Crippen LogP) is 2.77. The monoisotopic (exact) mass is 270 g/mol. The standard InChI is InChI=1S/C16H14O4/c17-11-13-3-1-5-15(9-13)19-7-8-20-16-6-2-4-14(10-16)12-18/h1-6,9-12H,7-8H2. The first-order chi connectivity index (χ1) is 9.81. The van der Waals surface area contributed by atoms with Gasteiger partial charge in [-0.3, -0.25) is 9.59 Å². The third-order valence-electron chi connectivity index (χ3n) is 2.61. The molecular weight excluding hydrogens is 256 g/mol. The molecule has 0 bridgehead atoms. The van der Waals surface area contributed by atoms with E-state index in [-0.39, 0.29) is 0 Å². The normalized spacial score (nSPS) is 9.80. The predicted molar refractivity (Wildman–Crippen MR) is 74.6 cm³/mol. The maximum absolute atomic E-state index is 10.6. The molecule has 0 spiro atoms. The van der Waals surface area contributed by atoms with Crippen LogP contribution in [0.5, 0.6) is 11.5 Å². The topological polar surface area (TPSA) is 52.6 Å². The highest BCUT2D eigenvalue weighted by Crippen LogP contribution is 2.13. The molecule has 4 heteroatoms. The van der Waals surface area contributed by atoms with Gasteiger partial charge in [0, 0.05) is 11.1 Å². The van der Waals surface area contributed by atoms with Gasteiger partial charge in [0.05, 0.1) is 0 Å². The largest absolute Gasteiger partial charge is 0.490 e. The Labute approximate surface area is 116 Å². The molecule has 0 saturated heterocycles. The molecule has 0 aromatic heterocycles. The van der Waals surface area contributed by atoms with Crippen molar-refractivity contribution in [3.05, 3.63) is 59.7 Å². The van der Waals surface area contributed by atoms with E-state index in [1.165, 1.54) is 0 Å². The first-order valence-electron chi connectivity index (χ1n) is 6.18. The zero-order valence-electron chi connectivity index (χ0n) is 10.8. The van der Waals surface area contributed by atoms with Crippen LogP contribution in [0.4, 0.5) is 0 Å². The smallest absolute Gasteiger partial charge is 0.150 e. The fourth-order valence-corrected chi connectivity index (χ4v) is 1.67. The molecule has 0 atom stereocenters. The Bertz CT molecular complexity index is 539. The van der Waals surface area contributed by atoms with E-state index in [9.17, 15) is 9.59 Å². The van der Waals surface area contributed by atoms with Gasteiger partial charge in [-0.2, -0.15) is 0 Å². The molecule has 0 amide bonds. The highest BCUT2D eigenvalue weighted by atomic mass is 16.5. The van der Waals surface area contributed by atoms with Crippen molar-refractivity contribution < 1.29 is 19.1 Å². The van der Waals surface area contributed by atoms with E-state index in [0.717, 1.165) is 12.6 Å². The maximum atomic E-state index is 10.6. The molecule has 0 aliphatic carbocycles. The van der Waals surface area contributed by atoms with E-state index in [0.29, 0.717) is 35.8 Å². The summed E-state index contributed by atoms with van der Waals surface area (Å²) >= 11 is 0. The van der Waals surface area contributed by atoms with Crippen LogP contribution in [-0.4, -0.2) is 25.8 Å². The molecule has 0 aliphatic heterocycles. The minimum Gasteiger partial charge on any atom is -0.490 e. The summed E-state index contributed by atoms with van der Waals surface area (Å²) in [5.41, 5.74) is 1.14. The van der Waals surface area contributed by atoms with Crippen LogP contribution < -0.4 is 9.47 Å². The van der Waals surface area contributed by atoms with Gasteiger partial charge < -0.3 is 9.47 Å². The lowest BCUT2D eigenvalue weighted by Crippen LogP contribution is -2.09. The molecule has 0 unspecified atom stereocenters. The van der Waals surface area contributed by atoms with Crippen LogP contribution in [0.1, 0.15) is 20.7 Å². The van der Waals surface area contributed by atoms with E-state index in [1.54, 1.807) is 48.5 Å². The van der Waals surface area contributed by atoms with Gasteiger partial charge in [-0.1, -0.05) is 24.3 Å².